The SMILES string of the molecule is CO[C@@H]1C[C@@H](CO)N(C(=O)CCOc2cc(C)cc(C)c2C)C1. The second-order valence-corrected chi connectivity index (χ2v) is 6.28. The molecule has 0 unspecified atom stereocenters. The predicted octanol–water partition coefficient (Wildman–Crippen LogP) is 1.99. The van der Waals surface area contributed by atoms with Gasteiger partial charge in [0.05, 0.1) is 31.8 Å². The molecule has 1 saturated heterocycles. The fourth-order valence-electron chi connectivity index (χ4n) is 3.07. The van der Waals surface area contributed by atoms with Crippen LogP contribution in [0.25, 0.3) is 0 Å². The average molecular weight is 321 g/mol. The number of aryl methyl sites for hydroxylation is 2. The molecule has 5 nitrogen and oxygen atoms in total. The molecule has 1 N–H and O–H groups in total. The lowest BCUT2D eigenvalue weighted by Crippen LogP contribution is -2.38. The standard InChI is InChI=1S/C18H27NO4/c1-12-7-13(2)14(3)17(8-12)23-6-5-18(21)19-10-16(22-4)9-15(19)11-20/h7-8,15-16,20H,5-6,9-11H2,1-4H3/t15-,16+/m0/s1. The number of rotatable bonds is 6. The summed E-state index contributed by atoms with van der Waals surface area (Å²) in [5, 5.41) is 9.42. The van der Waals surface area contributed by atoms with E-state index in [0.717, 1.165) is 16.9 Å². The molecule has 2 rings (SSSR count). The Kier molecular flexibility index (Phi) is 6.02. The Balaban J connectivity index is 1.90. The quantitative estimate of drug-likeness (QED) is 0.870. The molecule has 2 atom stereocenters. The normalized spacial score (nSPS) is 20.8. The van der Waals surface area contributed by atoms with E-state index in [0.29, 0.717) is 26.0 Å². The number of carbonyl (C=O) groups excluding carboxylic acids is 1. The summed E-state index contributed by atoms with van der Waals surface area (Å²) >= 11 is 0. The number of hydrogen-bond acceptors (Lipinski definition) is 4. The van der Waals surface area contributed by atoms with Crippen LogP contribution in [0.2, 0.25) is 0 Å². The number of ether oxygens (including phenoxy) is 2. The van der Waals surface area contributed by atoms with E-state index in [2.05, 4.69) is 13.0 Å². The number of amides is 1. The first-order valence-electron chi connectivity index (χ1n) is 8.10. The molecule has 1 aliphatic rings. The van der Waals surface area contributed by atoms with Gasteiger partial charge in [-0.1, -0.05) is 6.07 Å². The Hall–Kier alpha value is -1.59. The zero-order valence-corrected chi connectivity index (χ0v) is 14.5. The Morgan fingerprint density at radius 3 is 2.74 bits per heavy atom. The molecule has 1 fully saturated rings. The highest BCUT2D eigenvalue weighted by molar-refractivity contribution is 5.77. The third-order valence-electron chi connectivity index (χ3n) is 4.58. The average Bonchev–Trinajstić information content (AvgIpc) is 2.95. The zero-order chi connectivity index (χ0) is 17.0. The maximum absolute atomic E-state index is 12.4. The van der Waals surface area contributed by atoms with Gasteiger partial charge < -0.3 is 19.5 Å². The van der Waals surface area contributed by atoms with Crippen LogP contribution in [-0.2, 0) is 9.53 Å². The van der Waals surface area contributed by atoms with Gasteiger partial charge >= 0.3 is 0 Å². The van der Waals surface area contributed by atoms with E-state index in [1.807, 2.05) is 19.9 Å². The van der Waals surface area contributed by atoms with Crippen molar-refractivity contribution in [3.05, 3.63) is 28.8 Å². The molecule has 0 aromatic heterocycles. The van der Waals surface area contributed by atoms with E-state index in [9.17, 15) is 9.90 Å². The number of nitrogens with zero attached hydrogens (tertiary/aromatic N) is 1. The van der Waals surface area contributed by atoms with Crippen molar-refractivity contribution < 1.29 is 19.4 Å². The summed E-state index contributed by atoms with van der Waals surface area (Å²) in [6.45, 7) is 6.98. The molecule has 0 aliphatic carbocycles. The van der Waals surface area contributed by atoms with Gasteiger partial charge in [0.2, 0.25) is 5.91 Å². The molecule has 0 saturated carbocycles. The van der Waals surface area contributed by atoms with Gasteiger partial charge in [-0.05, 0) is 49.9 Å². The Morgan fingerprint density at radius 2 is 2.09 bits per heavy atom. The number of aliphatic hydroxyl groups excluding tert-OH is 1. The highest BCUT2D eigenvalue weighted by atomic mass is 16.5. The van der Waals surface area contributed by atoms with E-state index < -0.39 is 0 Å². The summed E-state index contributed by atoms with van der Waals surface area (Å²) in [7, 11) is 1.64. The van der Waals surface area contributed by atoms with Gasteiger partial charge in [-0.2, -0.15) is 0 Å². The molecular weight excluding hydrogens is 294 g/mol. The number of likely N-dealkylation sites (tertiary alicyclic amines) is 1. The van der Waals surface area contributed by atoms with Crippen molar-refractivity contribution in [2.24, 2.45) is 0 Å². The number of methoxy groups -OCH3 is 1. The smallest absolute Gasteiger partial charge is 0.226 e. The maximum atomic E-state index is 12.4. The second kappa shape index (κ2) is 7.79. The van der Waals surface area contributed by atoms with Crippen LogP contribution in [0, 0.1) is 20.8 Å². The molecule has 1 aromatic rings. The fraction of sp³-hybridized carbons (Fsp3) is 0.611. The first-order valence-corrected chi connectivity index (χ1v) is 8.10. The minimum absolute atomic E-state index is 0.00521. The molecule has 5 heteroatoms. The first-order chi connectivity index (χ1) is 11.0. The molecular formula is C18H27NO4. The number of aliphatic hydroxyl groups is 1. The van der Waals surface area contributed by atoms with Crippen LogP contribution in [-0.4, -0.2) is 54.9 Å². The highest BCUT2D eigenvalue weighted by Gasteiger charge is 2.34. The largest absolute Gasteiger partial charge is 0.493 e. The van der Waals surface area contributed by atoms with Crippen molar-refractivity contribution in [3.8, 4) is 5.75 Å². The summed E-state index contributed by atoms with van der Waals surface area (Å²) in [5.74, 6) is 0.843. The topological polar surface area (TPSA) is 59.0 Å². The maximum Gasteiger partial charge on any atom is 0.226 e. The van der Waals surface area contributed by atoms with E-state index in [4.69, 9.17) is 9.47 Å². The van der Waals surface area contributed by atoms with E-state index >= 15 is 0 Å². The van der Waals surface area contributed by atoms with Gasteiger partial charge in [-0.15, -0.1) is 0 Å². The van der Waals surface area contributed by atoms with E-state index in [1.54, 1.807) is 12.0 Å². The Morgan fingerprint density at radius 1 is 1.35 bits per heavy atom. The van der Waals surface area contributed by atoms with Gasteiger partial charge in [-0.3, -0.25) is 4.79 Å². The molecule has 128 valence electrons. The van der Waals surface area contributed by atoms with Crippen molar-refractivity contribution in [1.29, 1.82) is 0 Å². The molecule has 0 bridgehead atoms. The second-order valence-electron chi connectivity index (χ2n) is 6.28. The molecule has 0 radical (unpaired) electrons. The van der Waals surface area contributed by atoms with Crippen LogP contribution in [0.5, 0.6) is 5.75 Å². The minimum atomic E-state index is -0.143. The summed E-state index contributed by atoms with van der Waals surface area (Å²) in [5.41, 5.74) is 3.45. The Bertz CT molecular complexity index is 558. The molecule has 0 spiro atoms. The molecule has 1 aliphatic heterocycles. The lowest BCUT2D eigenvalue weighted by atomic mass is 10.1. The summed E-state index contributed by atoms with van der Waals surface area (Å²) < 4.78 is 11.1. The molecule has 1 aromatic carbocycles. The monoisotopic (exact) mass is 321 g/mol. The third-order valence-corrected chi connectivity index (χ3v) is 4.58. The van der Waals surface area contributed by atoms with Crippen LogP contribution in [0.15, 0.2) is 12.1 Å². The van der Waals surface area contributed by atoms with Gasteiger partial charge in [-0.25, -0.2) is 0 Å². The first kappa shape index (κ1) is 17.8. The van der Waals surface area contributed by atoms with Gasteiger partial charge in [0, 0.05) is 13.7 Å². The van der Waals surface area contributed by atoms with Crippen molar-refractivity contribution in [2.45, 2.75) is 45.8 Å². The summed E-state index contributed by atoms with van der Waals surface area (Å²) in [4.78, 5) is 14.1. The van der Waals surface area contributed by atoms with Crippen LogP contribution in [0.1, 0.15) is 29.5 Å². The van der Waals surface area contributed by atoms with E-state index in [-0.39, 0.29) is 24.7 Å². The zero-order valence-electron chi connectivity index (χ0n) is 14.5. The van der Waals surface area contributed by atoms with Crippen LogP contribution in [0.3, 0.4) is 0 Å². The van der Waals surface area contributed by atoms with Gasteiger partial charge in [0.25, 0.3) is 0 Å². The lowest BCUT2D eigenvalue weighted by molar-refractivity contribution is -0.133. The van der Waals surface area contributed by atoms with Crippen molar-refractivity contribution in [3.63, 3.8) is 0 Å². The molecule has 1 amide bonds. The predicted molar refractivity (Wildman–Crippen MR) is 88.8 cm³/mol. The Labute approximate surface area is 138 Å². The number of hydrogen-bond donors (Lipinski definition) is 1. The van der Waals surface area contributed by atoms with Gasteiger partial charge in [0.15, 0.2) is 0 Å². The third kappa shape index (κ3) is 4.24. The van der Waals surface area contributed by atoms with Crippen LogP contribution >= 0.6 is 0 Å². The van der Waals surface area contributed by atoms with Crippen molar-refractivity contribution in [1.82, 2.24) is 4.90 Å². The highest BCUT2D eigenvalue weighted by Crippen LogP contribution is 2.24. The molecule has 1 heterocycles. The van der Waals surface area contributed by atoms with Crippen molar-refractivity contribution in [2.75, 3.05) is 26.9 Å². The molecule has 23 heavy (non-hydrogen) atoms. The number of benzene rings is 1. The van der Waals surface area contributed by atoms with Gasteiger partial charge in [0.1, 0.15) is 5.75 Å². The van der Waals surface area contributed by atoms with E-state index in [1.165, 1.54) is 5.56 Å². The lowest BCUT2D eigenvalue weighted by Gasteiger charge is -2.23. The van der Waals surface area contributed by atoms with Crippen LogP contribution < -0.4 is 4.74 Å². The van der Waals surface area contributed by atoms with Crippen molar-refractivity contribution >= 4 is 5.91 Å². The van der Waals surface area contributed by atoms with Crippen LogP contribution in [0.4, 0.5) is 0 Å². The number of carbonyl (C=O) groups is 1. The summed E-state index contributed by atoms with van der Waals surface area (Å²) in [6, 6.07) is 3.98. The summed E-state index contributed by atoms with van der Waals surface area (Å²) in [6.07, 6.45) is 1.01. The fourth-order valence-corrected chi connectivity index (χ4v) is 3.07. The minimum Gasteiger partial charge on any atom is -0.493 e.